The quantitative estimate of drug-likeness (QED) is 0.480. The number of aromatic amines is 1. The van der Waals surface area contributed by atoms with Gasteiger partial charge in [-0.25, -0.2) is 8.42 Å². The lowest BCUT2D eigenvalue weighted by Crippen LogP contribution is -2.08. The van der Waals surface area contributed by atoms with Crippen LogP contribution in [0.3, 0.4) is 0 Å². The number of nitrogens with zero attached hydrogens (tertiary/aromatic N) is 5. The van der Waals surface area contributed by atoms with Crippen LogP contribution in [0.1, 0.15) is 18.2 Å². The van der Waals surface area contributed by atoms with E-state index in [2.05, 4.69) is 36.1 Å². The van der Waals surface area contributed by atoms with Crippen molar-refractivity contribution < 1.29 is 12.9 Å². The van der Waals surface area contributed by atoms with Gasteiger partial charge in [0.15, 0.2) is 9.84 Å². The van der Waals surface area contributed by atoms with Crippen LogP contribution in [0.5, 0.6) is 0 Å². The number of hydrogen-bond donors (Lipinski definition) is 2. The van der Waals surface area contributed by atoms with E-state index in [9.17, 15) is 8.42 Å². The van der Waals surface area contributed by atoms with Gasteiger partial charge in [-0.2, -0.15) is 10.2 Å². The van der Waals surface area contributed by atoms with Gasteiger partial charge in [0, 0.05) is 23.9 Å². The summed E-state index contributed by atoms with van der Waals surface area (Å²) in [5.74, 6) is 1.63. The fraction of sp³-hybridized carbons (Fsp3) is 0.250. The third-order valence-corrected chi connectivity index (χ3v) is 6.44. The molecule has 0 amide bonds. The predicted molar refractivity (Wildman–Crippen MR) is 112 cm³/mol. The van der Waals surface area contributed by atoms with E-state index in [4.69, 9.17) is 4.52 Å². The largest absolute Gasteiger partial charge is 0.339 e. The summed E-state index contributed by atoms with van der Waals surface area (Å²) in [5.41, 5.74) is 2.70. The first-order chi connectivity index (χ1) is 15.0. The highest BCUT2D eigenvalue weighted by Gasteiger charge is 2.24. The van der Waals surface area contributed by atoms with E-state index in [0.717, 1.165) is 36.9 Å². The maximum absolute atomic E-state index is 12.4. The zero-order chi connectivity index (χ0) is 21.4. The van der Waals surface area contributed by atoms with Crippen molar-refractivity contribution in [3.63, 3.8) is 0 Å². The number of rotatable bonds is 5. The molecule has 0 radical (unpaired) electrons. The molecule has 5 rings (SSSR count). The molecule has 11 heteroatoms. The Morgan fingerprint density at radius 2 is 1.87 bits per heavy atom. The smallest absolute Gasteiger partial charge is 0.231 e. The zero-order valence-electron chi connectivity index (χ0n) is 16.6. The minimum atomic E-state index is -3.51. The normalized spacial score (nSPS) is 16.6. The summed E-state index contributed by atoms with van der Waals surface area (Å²) in [6, 6.07) is 12.6. The second-order valence-corrected chi connectivity index (χ2v) is 9.39. The molecule has 0 bridgehead atoms. The van der Waals surface area contributed by atoms with Gasteiger partial charge in [0.2, 0.25) is 17.5 Å². The van der Waals surface area contributed by atoms with Gasteiger partial charge in [-0.05, 0) is 35.4 Å². The molecule has 31 heavy (non-hydrogen) atoms. The van der Waals surface area contributed by atoms with E-state index in [-0.39, 0.29) is 16.6 Å². The molecule has 1 saturated heterocycles. The average molecular weight is 437 g/mol. The summed E-state index contributed by atoms with van der Waals surface area (Å²) in [7, 11) is -3.51. The van der Waals surface area contributed by atoms with E-state index in [0.29, 0.717) is 22.8 Å². The number of H-pyrrole nitrogens is 1. The fourth-order valence-corrected chi connectivity index (χ4v) is 4.66. The van der Waals surface area contributed by atoms with Crippen molar-refractivity contribution in [3.8, 4) is 33.9 Å². The Hall–Kier alpha value is -3.44. The van der Waals surface area contributed by atoms with Gasteiger partial charge >= 0.3 is 0 Å². The minimum Gasteiger partial charge on any atom is -0.339 e. The monoisotopic (exact) mass is 437 g/mol. The first-order valence-corrected chi connectivity index (χ1v) is 11.6. The van der Waals surface area contributed by atoms with Gasteiger partial charge in [-0.1, -0.05) is 41.6 Å². The van der Waals surface area contributed by atoms with Crippen LogP contribution in [-0.2, 0) is 9.84 Å². The third-order valence-electron chi connectivity index (χ3n) is 5.30. The molecule has 3 heterocycles. The maximum Gasteiger partial charge on any atom is 0.231 e. The molecule has 1 atom stereocenters. The first-order valence-electron chi connectivity index (χ1n) is 9.73. The van der Waals surface area contributed by atoms with Gasteiger partial charge < -0.3 is 9.84 Å². The van der Waals surface area contributed by atoms with Gasteiger partial charge in [0.05, 0.1) is 10.8 Å². The Labute approximate surface area is 178 Å². The van der Waals surface area contributed by atoms with Gasteiger partial charge in [-0.15, -0.1) is 10.2 Å². The number of hydrogen-bond acceptors (Lipinski definition) is 9. The number of tetrazole rings is 1. The Morgan fingerprint density at radius 3 is 2.55 bits per heavy atom. The molecule has 4 aromatic rings. The van der Waals surface area contributed by atoms with Crippen molar-refractivity contribution in [2.45, 2.75) is 17.2 Å². The molecular weight excluding hydrogens is 418 g/mol. The van der Waals surface area contributed by atoms with E-state index in [1.54, 1.807) is 6.07 Å². The van der Waals surface area contributed by atoms with Crippen molar-refractivity contribution in [1.82, 2.24) is 36.1 Å². The van der Waals surface area contributed by atoms with Crippen LogP contribution in [0.15, 0.2) is 51.9 Å². The molecule has 2 aromatic heterocycles. The summed E-state index contributed by atoms with van der Waals surface area (Å²) in [6.45, 7) is 1.79. The summed E-state index contributed by atoms with van der Waals surface area (Å²) >= 11 is 0. The van der Waals surface area contributed by atoms with Gasteiger partial charge in [-0.3, -0.25) is 0 Å². The highest BCUT2D eigenvalue weighted by atomic mass is 32.2. The van der Waals surface area contributed by atoms with Crippen molar-refractivity contribution in [1.29, 1.82) is 0 Å². The highest BCUT2D eigenvalue weighted by Crippen LogP contribution is 2.36. The topological polar surface area (TPSA) is 140 Å². The molecule has 158 valence electrons. The number of benzene rings is 2. The number of nitrogens with one attached hydrogen (secondary N) is 2. The van der Waals surface area contributed by atoms with Crippen LogP contribution in [0.2, 0.25) is 0 Å². The van der Waals surface area contributed by atoms with Crippen molar-refractivity contribution >= 4 is 9.84 Å². The second kappa shape index (κ2) is 7.67. The summed E-state index contributed by atoms with van der Waals surface area (Å²) in [4.78, 5) is 4.68. The second-order valence-electron chi connectivity index (χ2n) is 7.41. The Balaban J connectivity index is 1.53. The molecule has 0 spiro atoms. The van der Waals surface area contributed by atoms with Crippen molar-refractivity contribution in [2.24, 2.45) is 0 Å². The van der Waals surface area contributed by atoms with E-state index >= 15 is 0 Å². The Kier molecular flexibility index (Phi) is 4.83. The van der Waals surface area contributed by atoms with Crippen LogP contribution in [0, 0.1) is 0 Å². The zero-order valence-corrected chi connectivity index (χ0v) is 17.4. The molecule has 2 N–H and O–H groups in total. The molecule has 1 unspecified atom stereocenters. The first kappa shape index (κ1) is 19.5. The van der Waals surface area contributed by atoms with Crippen LogP contribution in [0.25, 0.3) is 33.9 Å². The highest BCUT2D eigenvalue weighted by molar-refractivity contribution is 7.90. The molecular formula is C20H19N7O3S. The lowest BCUT2D eigenvalue weighted by Gasteiger charge is -2.11. The summed E-state index contributed by atoms with van der Waals surface area (Å²) in [6.07, 6.45) is 2.14. The van der Waals surface area contributed by atoms with Crippen molar-refractivity contribution in [3.05, 3.63) is 48.4 Å². The lowest BCUT2D eigenvalue weighted by atomic mass is 9.98. The van der Waals surface area contributed by atoms with Crippen LogP contribution in [-0.4, -0.2) is 58.5 Å². The van der Waals surface area contributed by atoms with Crippen LogP contribution < -0.4 is 5.32 Å². The maximum atomic E-state index is 12.4. The number of aromatic nitrogens is 6. The molecule has 0 saturated carbocycles. The fourth-order valence-electron chi connectivity index (χ4n) is 3.76. The number of sulfone groups is 1. The molecule has 10 nitrogen and oxygen atoms in total. The molecule has 1 aliphatic heterocycles. The molecule has 1 fully saturated rings. The summed E-state index contributed by atoms with van der Waals surface area (Å²) in [5, 5.41) is 21.4. The third kappa shape index (κ3) is 3.73. The minimum absolute atomic E-state index is 0.142. The Bertz CT molecular complexity index is 1310. The standard InChI is InChI=1S/C20H19N7O3S/c1-31(28,29)16-4-2-3-15(17(16)19-23-26-27-24-19)12-5-7-13(8-6-12)18-22-20(30-25-18)14-9-10-21-11-14/h2-8,14,21H,9-11H2,1H3,(H,23,24,26,27). The van der Waals surface area contributed by atoms with Crippen LogP contribution in [0.4, 0.5) is 0 Å². The van der Waals surface area contributed by atoms with Gasteiger partial charge in [0.1, 0.15) is 0 Å². The molecule has 2 aromatic carbocycles. The van der Waals surface area contributed by atoms with Gasteiger partial charge in [0.25, 0.3) is 0 Å². The predicted octanol–water partition coefficient (Wildman–Crippen LogP) is 2.06. The molecule has 1 aliphatic rings. The van der Waals surface area contributed by atoms with Crippen LogP contribution >= 0.6 is 0 Å². The SMILES string of the molecule is CS(=O)(=O)c1cccc(-c2ccc(-c3noc(C4CCNC4)n3)cc2)c1-c1nn[nH]n1. The summed E-state index contributed by atoms with van der Waals surface area (Å²) < 4.78 is 30.2. The molecule has 0 aliphatic carbocycles. The van der Waals surface area contributed by atoms with Crippen molar-refractivity contribution in [2.75, 3.05) is 19.3 Å². The van der Waals surface area contributed by atoms with E-state index < -0.39 is 9.84 Å². The average Bonchev–Trinajstić information content (AvgIpc) is 3.55. The Morgan fingerprint density at radius 1 is 1.06 bits per heavy atom. The van der Waals surface area contributed by atoms with E-state index in [1.165, 1.54) is 6.07 Å². The lowest BCUT2D eigenvalue weighted by molar-refractivity contribution is 0.359. The van der Waals surface area contributed by atoms with E-state index in [1.807, 2.05) is 30.3 Å².